The van der Waals surface area contributed by atoms with Crippen molar-refractivity contribution in [2.75, 3.05) is 6.54 Å². The van der Waals surface area contributed by atoms with E-state index in [4.69, 9.17) is 17.3 Å². The molecule has 1 aromatic rings. The van der Waals surface area contributed by atoms with Crippen LogP contribution >= 0.6 is 11.6 Å². The summed E-state index contributed by atoms with van der Waals surface area (Å²) >= 11 is 6.13. The van der Waals surface area contributed by atoms with Gasteiger partial charge < -0.3 is 5.73 Å². The van der Waals surface area contributed by atoms with Crippen LogP contribution < -0.4 is 5.73 Å². The van der Waals surface area contributed by atoms with Gasteiger partial charge in [0.25, 0.3) is 0 Å². The Morgan fingerprint density at radius 2 is 2.36 bits per heavy atom. The van der Waals surface area contributed by atoms with Crippen LogP contribution in [0.2, 0.25) is 5.02 Å². The van der Waals surface area contributed by atoms with E-state index in [9.17, 15) is 0 Å². The van der Waals surface area contributed by atoms with Crippen LogP contribution in [0.3, 0.4) is 0 Å². The number of halogens is 1. The zero-order chi connectivity index (χ0) is 10.2. The summed E-state index contributed by atoms with van der Waals surface area (Å²) in [6.07, 6.45) is 4.02. The zero-order valence-corrected chi connectivity index (χ0v) is 9.09. The number of nitrogens with two attached hydrogens (primary N) is 1. The smallest absolute Gasteiger partial charge is 0.0664 e. The van der Waals surface area contributed by atoms with Crippen molar-refractivity contribution in [2.45, 2.75) is 25.2 Å². The number of rotatable bonds is 2. The Kier molecular flexibility index (Phi) is 2.50. The van der Waals surface area contributed by atoms with Gasteiger partial charge in [-0.3, -0.25) is 4.98 Å². The van der Waals surface area contributed by atoms with Gasteiger partial charge in [-0.15, -0.1) is 0 Å². The van der Waals surface area contributed by atoms with Gasteiger partial charge in [-0.25, -0.2) is 0 Å². The van der Waals surface area contributed by atoms with Gasteiger partial charge >= 0.3 is 0 Å². The van der Waals surface area contributed by atoms with Gasteiger partial charge in [0.1, 0.15) is 0 Å². The summed E-state index contributed by atoms with van der Waals surface area (Å²) in [4.78, 5) is 4.37. The molecule has 0 unspecified atom stereocenters. The molecule has 1 aromatic heterocycles. The highest BCUT2D eigenvalue weighted by Gasteiger charge is 2.44. The molecule has 1 fully saturated rings. The summed E-state index contributed by atoms with van der Waals surface area (Å²) < 4.78 is 0. The summed E-state index contributed by atoms with van der Waals surface area (Å²) in [5.74, 6) is 0.747. The molecule has 0 radical (unpaired) electrons. The van der Waals surface area contributed by atoms with E-state index in [0.717, 1.165) is 29.5 Å². The molecular weight excluding hydrogens is 196 g/mol. The van der Waals surface area contributed by atoms with Gasteiger partial charge in [-0.1, -0.05) is 18.5 Å². The molecule has 1 aliphatic carbocycles. The highest BCUT2D eigenvalue weighted by molar-refractivity contribution is 6.31. The van der Waals surface area contributed by atoms with E-state index in [0.29, 0.717) is 6.54 Å². The maximum Gasteiger partial charge on any atom is 0.0664 e. The van der Waals surface area contributed by atoms with Gasteiger partial charge in [0, 0.05) is 18.2 Å². The van der Waals surface area contributed by atoms with Crippen LogP contribution in [-0.2, 0) is 5.41 Å². The first-order chi connectivity index (χ1) is 6.68. The van der Waals surface area contributed by atoms with Crippen molar-refractivity contribution < 1.29 is 0 Å². The summed E-state index contributed by atoms with van der Waals surface area (Å²) in [5, 5.41) is 0.754. The van der Waals surface area contributed by atoms with Crippen LogP contribution in [0, 0.1) is 5.92 Å². The highest BCUT2D eigenvalue weighted by Crippen LogP contribution is 2.47. The van der Waals surface area contributed by atoms with Crippen LogP contribution in [0.1, 0.15) is 25.5 Å². The minimum Gasteiger partial charge on any atom is -0.330 e. The third-order valence-corrected chi connectivity index (χ3v) is 3.43. The van der Waals surface area contributed by atoms with Gasteiger partial charge in [0.2, 0.25) is 0 Å². The van der Waals surface area contributed by atoms with Crippen LogP contribution in [0.15, 0.2) is 18.3 Å². The minimum absolute atomic E-state index is 0.0533. The van der Waals surface area contributed by atoms with Gasteiger partial charge in [0.05, 0.1) is 10.7 Å². The van der Waals surface area contributed by atoms with E-state index in [-0.39, 0.29) is 5.41 Å². The highest BCUT2D eigenvalue weighted by atomic mass is 35.5. The Bertz CT molecular complexity index is 332. The summed E-state index contributed by atoms with van der Waals surface area (Å²) in [7, 11) is 0. The fraction of sp³-hybridized carbons (Fsp3) is 0.545. The Morgan fingerprint density at radius 1 is 1.64 bits per heavy atom. The Labute approximate surface area is 89.5 Å². The second kappa shape index (κ2) is 3.52. The molecule has 0 aliphatic heterocycles. The van der Waals surface area contributed by atoms with Crippen molar-refractivity contribution in [1.82, 2.24) is 4.98 Å². The maximum atomic E-state index is 6.13. The summed E-state index contributed by atoms with van der Waals surface area (Å²) in [6, 6.07) is 3.75. The SMILES string of the molecule is CC1CC(CN)(c2ncccc2Cl)C1. The molecule has 0 amide bonds. The van der Waals surface area contributed by atoms with Crippen LogP contribution in [0.4, 0.5) is 0 Å². The van der Waals surface area contributed by atoms with E-state index in [1.54, 1.807) is 6.20 Å². The molecule has 3 heteroatoms. The average Bonchev–Trinajstić information content (AvgIpc) is 2.14. The first-order valence-electron chi connectivity index (χ1n) is 4.99. The van der Waals surface area contributed by atoms with Gasteiger partial charge in [-0.2, -0.15) is 0 Å². The molecule has 0 saturated heterocycles. The van der Waals surface area contributed by atoms with Crippen molar-refractivity contribution >= 4 is 11.6 Å². The van der Waals surface area contributed by atoms with Crippen molar-refractivity contribution in [1.29, 1.82) is 0 Å². The largest absolute Gasteiger partial charge is 0.330 e. The molecule has 76 valence electrons. The number of hydrogen-bond acceptors (Lipinski definition) is 2. The fourth-order valence-corrected chi connectivity index (χ4v) is 2.83. The van der Waals surface area contributed by atoms with Gasteiger partial charge in [0.15, 0.2) is 0 Å². The lowest BCUT2D eigenvalue weighted by Gasteiger charge is -2.45. The first-order valence-corrected chi connectivity index (χ1v) is 5.37. The Morgan fingerprint density at radius 3 is 2.86 bits per heavy atom. The molecule has 2 N–H and O–H groups in total. The summed E-state index contributed by atoms with van der Waals surface area (Å²) in [5.41, 5.74) is 6.87. The normalized spacial score (nSPS) is 31.2. The van der Waals surface area contributed by atoms with Crippen LogP contribution in [0.25, 0.3) is 0 Å². The van der Waals surface area contributed by atoms with Crippen molar-refractivity contribution in [3.05, 3.63) is 29.0 Å². The molecule has 0 atom stereocenters. The fourth-order valence-electron chi connectivity index (χ4n) is 2.51. The molecule has 0 bridgehead atoms. The minimum atomic E-state index is 0.0533. The second-order valence-corrected chi connectivity index (χ2v) is 4.74. The molecule has 1 aliphatic rings. The lowest BCUT2D eigenvalue weighted by Crippen LogP contribution is -2.46. The summed E-state index contributed by atoms with van der Waals surface area (Å²) in [6.45, 7) is 2.89. The van der Waals surface area contributed by atoms with E-state index in [2.05, 4.69) is 11.9 Å². The first kappa shape index (κ1) is 9.94. The number of aromatic nitrogens is 1. The quantitative estimate of drug-likeness (QED) is 0.814. The molecule has 2 nitrogen and oxygen atoms in total. The van der Waals surface area contributed by atoms with Crippen LogP contribution in [0.5, 0.6) is 0 Å². The van der Waals surface area contributed by atoms with Crippen molar-refractivity contribution in [3.63, 3.8) is 0 Å². The second-order valence-electron chi connectivity index (χ2n) is 4.33. The maximum absolute atomic E-state index is 6.13. The molecule has 0 spiro atoms. The third kappa shape index (κ3) is 1.43. The van der Waals surface area contributed by atoms with E-state index >= 15 is 0 Å². The Balaban J connectivity index is 2.34. The lowest BCUT2D eigenvalue weighted by atomic mass is 9.61. The predicted molar refractivity (Wildman–Crippen MR) is 58.4 cm³/mol. The zero-order valence-electron chi connectivity index (χ0n) is 8.33. The van der Waals surface area contributed by atoms with Crippen molar-refractivity contribution in [3.8, 4) is 0 Å². The molecule has 2 rings (SSSR count). The topological polar surface area (TPSA) is 38.9 Å². The monoisotopic (exact) mass is 210 g/mol. The number of nitrogens with zero attached hydrogens (tertiary/aromatic N) is 1. The predicted octanol–water partition coefficient (Wildman–Crippen LogP) is 2.36. The molecule has 14 heavy (non-hydrogen) atoms. The molecule has 1 saturated carbocycles. The van der Waals surface area contributed by atoms with E-state index in [1.165, 1.54) is 0 Å². The number of pyridine rings is 1. The van der Waals surface area contributed by atoms with E-state index in [1.807, 2.05) is 12.1 Å². The van der Waals surface area contributed by atoms with Crippen molar-refractivity contribution in [2.24, 2.45) is 11.7 Å². The Hall–Kier alpha value is -0.600. The molecule has 1 heterocycles. The molecular formula is C11H15ClN2. The van der Waals surface area contributed by atoms with Gasteiger partial charge in [-0.05, 0) is 30.9 Å². The lowest BCUT2D eigenvalue weighted by molar-refractivity contribution is 0.160. The van der Waals surface area contributed by atoms with E-state index < -0.39 is 0 Å². The standard InChI is InChI=1S/C11H15ClN2/c1-8-5-11(6-8,7-13)10-9(12)3-2-4-14-10/h2-4,8H,5-7,13H2,1H3. The average molecular weight is 211 g/mol. The van der Waals surface area contributed by atoms with Crippen LogP contribution in [-0.4, -0.2) is 11.5 Å². The number of hydrogen-bond donors (Lipinski definition) is 1. The third-order valence-electron chi connectivity index (χ3n) is 3.13. The molecule has 0 aromatic carbocycles.